The third-order valence-corrected chi connectivity index (χ3v) is 5.19. The lowest BCUT2D eigenvalue weighted by Crippen LogP contribution is -2.20. The van der Waals surface area contributed by atoms with Gasteiger partial charge in [0.1, 0.15) is 23.5 Å². The van der Waals surface area contributed by atoms with Gasteiger partial charge in [-0.25, -0.2) is 18.4 Å². The van der Waals surface area contributed by atoms with Crippen molar-refractivity contribution < 1.29 is 13.5 Å². The fourth-order valence-electron chi connectivity index (χ4n) is 3.72. The fourth-order valence-corrected chi connectivity index (χ4v) is 3.72. The molecule has 29 heavy (non-hydrogen) atoms. The van der Waals surface area contributed by atoms with E-state index in [2.05, 4.69) is 15.3 Å². The highest BCUT2D eigenvalue weighted by molar-refractivity contribution is 5.78. The summed E-state index contributed by atoms with van der Waals surface area (Å²) in [6.45, 7) is 0.689. The van der Waals surface area contributed by atoms with Crippen LogP contribution in [0.15, 0.2) is 43.0 Å². The lowest BCUT2D eigenvalue weighted by molar-refractivity contribution is -0.0394. The first-order chi connectivity index (χ1) is 14.1. The summed E-state index contributed by atoms with van der Waals surface area (Å²) in [6.07, 6.45) is 7.65. The third-order valence-electron chi connectivity index (χ3n) is 5.19. The van der Waals surface area contributed by atoms with Gasteiger partial charge in [0.15, 0.2) is 12.0 Å². The van der Waals surface area contributed by atoms with Gasteiger partial charge < -0.3 is 14.9 Å². The predicted molar refractivity (Wildman–Crippen MR) is 103 cm³/mol. The first-order valence-electron chi connectivity index (χ1n) is 9.36. The molecule has 1 aliphatic heterocycles. The molecule has 0 amide bonds. The van der Waals surface area contributed by atoms with E-state index < -0.39 is 11.6 Å². The van der Waals surface area contributed by atoms with Gasteiger partial charge >= 0.3 is 0 Å². The maximum Gasteiger partial charge on any atom is 0.156 e. The molecule has 0 bridgehead atoms. The number of nitrogens with two attached hydrogens (primary N) is 1. The van der Waals surface area contributed by atoms with Crippen molar-refractivity contribution in [3.05, 3.63) is 54.6 Å². The zero-order valence-electron chi connectivity index (χ0n) is 15.4. The van der Waals surface area contributed by atoms with Gasteiger partial charge in [-0.05, 0) is 37.5 Å². The second kappa shape index (κ2) is 6.93. The number of anilines is 1. The minimum Gasteiger partial charge on any atom is -0.396 e. The molecule has 0 spiro atoms. The van der Waals surface area contributed by atoms with Gasteiger partial charge in [0.2, 0.25) is 0 Å². The molecule has 0 radical (unpaired) electrons. The van der Waals surface area contributed by atoms with Crippen molar-refractivity contribution in [1.29, 1.82) is 0 Å². The number of hydrogen-bond donors (Lipinski definition) is 1. The molecule has 0 saturated carbocycles. The maximum atomic E-state index is 14.4. The van der Waals surface area contributed by atoms with Crippen molar-refractivity contribution in [3.63, 3.8) is 0 Å². The Balaban J connectivity index is 1.58. The van der Waals surface area contributed by atoms with E-state index in [0.717, 1.165) is 36.5 Å². The lowest BCUT2D eigenvalue weighted by atomic mass is 10.0. The Morgan fingerprint density at radius 3 is 2.86 bits per heavy atom. The smallest absolute Gasteiger partial charge is 0.156 e. The Morgan fingerprint density at radius 1 is 1.14 bits per heavy atom. The molecular weight excluding hydrogens is 378 g/mol. The normalized spacial score (nSPS) is 17.1. The minimum absolute atomic E-state index is 0.102. The van der Waals surface area contributed by atoms with E-state index in [1.54, 1.807) is 39.9 Å². The number of imidazole rings is 1. The largest absolute Gasteiger partial charge is 0.396 e. The van der Waals surface area contributed by atoms with Crippen LogP contribution in [-0.2, 0) is 4.74 Å². The van der Waals surface area contributed by atoms with E-state index in [9.17, 15) is 8.78 Å². The number of ether oxygens (including phenoxy) is 1. The lowest BCUT2D eigenvalue weighted by Gasteiger charge is -2.23. The Bertz CT molecular complexity index is 1200. The van der Waals surface area contributed by atoms with E-state index in [4.69, 9.17) is 10.5 Å². The van der Waals surface area contributed by atoms with Crippen molar-refractivity contribution >= 4 is 11.2 Å². The summed E-state index contributed by atoms with van der Waals surface area (Å²) in [7, 11) is 0. The SMILES string of the molecule is Nc1ccc(F)c(-c2ccc3c(-c4cnnn4C4CCCCO4)ncn3c2)c1F. The van der Waals surface area contributed by atoms with Crippen LogP contribution in [0.1, 0.15) is 25.5 Å². The number of benzene rings is 1. The molecule has 1 aliphatic rings. The van der Waals surface area contributed by atoms with Crippen LogP contribution < -0.4 is 5.73 Å². The summed E-state index contributed by atoms with van der Waals surface area (Å²) >= 11 is 0. The number of rotatable bonds is 3. The maximum absolute atomic E-state index is 14.4. The van der Waals surface area contributed by atoms with Crippen LogP contribution in [0.25, 0.3) is 28.0 Å². The summed E-state index contributed by atoms with van der Waals surface area (Å²) in [5.41, 5.74) is 7.87. The monoisotopic (exact) mass is 396 g/mol. The predicted octanol–water partition coefficient (Wildman–Crippen LogP) is 3.82. The van der Waals surface area contributed by atoms with E-state index in [1.165, 1.54) is 6.07 Å². The summed E-state index contributed by atoms with van der Waals surface area (Å²) in [5, 5.41) is 8.21. The Kier molecular flexibility index (Phi) is 4.24. The van der Waals surface area contributed by atoms with Crippen LogP contribution in [0.3, 0.4) is 0 Å². The number of nitrogens with zero attached hydrogens (tertiary/aromatic N) is 5. The average Bonchev–Trinajstić information content (AvgIpc) is 3.38. The summed E-state index contributed by atoms with van der Waals surface area (Å²) in [6, 6.07) is 5.78. The molecule has 0 aliphatic carbocycles. The van der Waals surface area contributed by atoms with Crippen molar-refractivity contribution in [2.24, 2.45) is 0 Å². The topological polar surface area (TPSA) is 83.3 Å². The van der Waals surface area contributed by atoms with Gasteiger partial charge in [-0.3, -0.25) is 0 Å². The summed E-state index contributed by atoms with van der Waals surface area (Å²) in [5.74, 6) is -1.45. The molecular formula is C20H18F2N6O. The van der Waals surface area contributed by atoms with Gasteiger partial charge in [0, 0.05) is 18.4 Å². The zero-order valence-corrected chi connectivity index (χ0v) is 15.4. The molecule has 3 aromatic heterocycles. The third kappa shape index (κ3) is 2.94. The summed E-state index contributed by atoms with van der Waals surface area (Å²) in [4.78, 5) is 4.48. The van der Waals surface area contributed by atoms with Crippen LogP contribution in [-0.4, -0.2) is 31.0 Å². The minimum atomic E-state index is -0.776. The number of pyridine rings is 1. The van der Waals surface area contributed by atoms with Crippen LogP contribution in [0.2, 0.25) is 0 Å². The van der Waals surface area contributed by atoms with Crippen LogP contribution >= 0.6 is 0 Å². The molecule has 1 aromatic carbocycles. The number of aromatic nitrogens is 5. The van der Waals surface area contributed by atoms with Crippen LogP contribution in [0.5, 0.6) is 0 Å². The van der Waals surface area contributed by atoms with Crippen molar-refractivity contribution in [1.82, 2.24) is 24.4 Å². The highest BCUT2D eigenvalue weighted by Gasteiger charge is 2.23. The van der Waals surface area contributed by atoms with Gasteiger partial charge in [-0.15, -0.1) is 5.10 Å². The first-order valence-corrected chi connectivity index (χ1v) is 9.36. The molecule has 4 heterocycles. The van der Waals surface area contributed by atoms with E-state index in [-0.39, 0.29) is 17.5 Å². The van der Waals surface area contributed by atoms with Gasteiger partial charge in [-0.2, -0.15) is 0 Å². The number of hydrogen-bond acceptors (Lipinski definition) is 5. The molecule has 1 atom stereocenters. The zero-order chi connectivity index (χ0) is 20.0. The molecule has 1 saturated heterocycles. The first kappa shape index (κ1) is 17.7. The van der Waals surface area contributed by atoms with Crippen molar-refractivity contribution in [2.75, 3.05) is 12.3 Å². The van der Waals surface area contributed by atoms with Crippen molar-refractivity contribution in [2.45, 2.75) is 25.5 Å². The van der Waals surface area contributed by atoms with Crippen LogP contribution in [0.4, 0.5) is 14.5 Å². The fraction of sp³-hybridized carbons (Fsp3) is 0.250. The molecule has 7 nitrogen and oxygen atoms in total. The number of nitrogen functional groups attached to an aromatic ring is 1. The molecule has 9 heteroatoms. The Labute approximate surface area is 164 Å². The quantitative estimate of drug-likeness (QED) is 0.532. The standard InChI is InChI=1S/C20H18F2N6O/c21-13-5-6-14(23)19(22)18(13)12-4-7-15-20(24-11-27(15)10-12)16-9-25-26-28(16)17-3-1-2-8-29-17/h4-7,9-11,17H,1-3,8,23H2. The number of fused-ring (bicyclic) bond motifs is 1. The molecule has 2 N–H and O–H groups in total. The van der Waals surface area contributed by atoms with Gasteiger partial charge in [0.25, 0.3) is 0 Å². The molecule has 1 fully saturated rings. The highest BCUT2D eigenvalue weighted by atomic mass is 19.1. The van der Waals surface area contributed by atoms with E-state index in [1.807, 2.05) is 0 Å². The van der Waals surface area contributed by atoms with E-state index >= 15 is 0 Å². The van der Waals surface area contributed by atoms with Crippen LogP contribution in [0, 0.1) is 11.6 Å². The summed E-state index contributed by atoms with van der Waals surface area (Å²) < 4.78 is 37.9. The molecule has 1 unspecified atom stereocenters. The molecule has 148 valence electrons. The molecule has 4 aromatic rings. The average molecular weight is 396 g/mol. The highest BCUT2D eigenvalue weighted by Crippen LogP contribution is 2.32. The second-order valence-electron chi connectivity index (χ2n) is 7.01. The van der Waals surface area contributed by atoms with Crippen molar-refractivity contribution in [3.8, 4) is 22.5 Å². The molecule has 5 rings (SSSR count). The van der Waals surface area contributed by atoms with E-state index in [0.29, 0.717) is 17.9 Å². The van der Waals surface area contributed by atoms with Gasteiger partial charge in [-0.1, -0.05) is 11.3 Å². The second-order valence-corrected chi connectivity index (χ2v) is 7.01. The van der Waals surface area contributed by atoms with Gasteiger partial charge in [0.05, 0.1) is 23.0 Å². The Morgan fingerprint density at radius 2 is 2.03 bits per heavy atom. The number of halogens is 2. The Hall–Kier alpha value is -3.33.